The van der Waals surface area contributed by atoms with Gasteiger partial charge in [-0.15, -0.1) is 0 Å². The lowest BCUT2D eigenvalue weighted by atomic mass is 9.81. The lowest BCUT2D eigenvalue weighted by molar-refractivity contribution is -0.114. The fraction of sp³-hybridized carbons (Fsp3) is 0.600. The van der Waals surface area contributed by atoms with Gasteiger partial charge in [-0.1, -0.05) is 6.58 Å². The highest BCUT2D eigenvalue weighted by molar-refractivity contribution is 5.90. The molecule has 128 valence electrons. The molecule has 23 heavy (non-hydrogen) atoms. The van der Waals surface area contributed by atoms with Crippen molar-refractivity contribution in [1.29, 1.82) is 0 Å². The van der Waals surface area contributed by atoms with Crippen molar-refractivity contribution in [3.05, 3.63) is 23.5 Å². The molecule has 1 fully saturated rings. The van der Waals surface area contributed by atoms with Crippen molar-refractivity contribution in [1.82, 2.24) is 9.78 Å². The van der Waals surface area contributed by atoms with Gasteiger partial charge in [-0.25, -0.2) is 22.4 Å². The molecule has 1 saturated carbocycles. The predicted molar refractivity (Wildman–Crippen MR) is 75.6 cm³/mol. The maximum absolute atomic E-state index is 13.0. The van der Waals surface area contributed by atoms with E-state index in [2.05, 4.69) is 11.7 Å². The normalized spacial score (nSPS) is 17.2. The largest absolute Gasteiger partial charge is 0.461 e. The summed E-state index contributed by atoms with van der Waals surface area (Å²) in [5.74, 6) is -3.77. The van der Waals surface area contributed by atoms with E-state index in [1.807, 2.05) is 0 Å². The molecule has 0 N–H and O–H groups in total. The van der Waals surface area contributed by atoms with Gasteiger partial charge >= 0.3 is 5.97 Å². The van der Waals surface area contributed by atoms with Gasteiger partial charge in [-0.2, -0.15) is 5.10 Å². The van der Waals surface area contributed by atoms with Gasteiger partial charge in [0.25, 0.3) is 6.43 Å². The summed E-state index contributed by atoms with van der Waals surface area (Å²) < 4.78 is 57.7. The minimum atomic E-state index is -2.82. The molecule has 0 radical (unpaired) electrons. The zero-order chi connectivity index (χ0) is 17.4. The summed E-state index contributed by atoms with van der Waals surface area (Å²) in [5.41, 5.74) is -0.362. The standard InChI is InChI=1S/C15H18F4N2O2/c1-4-23-14(22)12-8(2)11(9(3)13(16)17)20-21(12)7-10-5-15(18,19)6-10/h10,13H,3-7H2,1-2H3. The van der Waals surface area contributed by atoms with Crippen molar-refractivity contribution in [2.75, 3.05) is 6.61 Å². The van der Waals surface area contributed by atoms with Crippen LogP contribution in [0.5, 0.6) is 0 Å². The average Bonchev–Trinajstić information content (AvgIpc) is 2.72. The number of esters is 1. The quantitative estimate of drug-likeness (QED) is 0.589. The van der Waals surface area contributed by atoms with Gasteiger partial charge in [-0.05, 0) is 19.8 Å². The summed E-state index contributed by atoms with van der Waals surface area (Å²) in [6, 6.07) is 0. The zero-order valence-electron chi connectivity index (χ0n) is 12.9. The van der Waals surface area contributed by atoms with E-state index in [0.29, 0.717) is 0 Å². The van der Waals surface area contributed by atoms with Crippen LogP contribution in [0.15, 0.2) is 6.58 Å². The molecule has 0 aromatic carbocycles. The second-order valence-corrected chi connectivity index (χ2v) is 5.68. The number of allylic oxidation sites excluding steroid dienone is 1. The van der Waals surface area contributed by atoms with Crippen LogP contribution >= 0.6 is 0 Å². The summed E-state index contributed by atoms with van der Waals surface area (Å²) in [7, 11) is 0. The van der Waals surface area contributed by atoms with Crippen molar-refractivity contribution in [2.24, 2.45) is 5.92 Å². The van der Waals surface area contributed by atoms with E-state index in [9.17, 15) is 22.4 Å². The smallest absolute Gasteiger partial charge is 0.356 e. The number of ether oxygens (including phenoxy) is 1. The van der Waals surface area contributed by atoms with Gasteiger partial charge in [0, 0.05) is 30.5 Å². The van der Waals surface area contributed by atoms with E-state index >= 15 is 0 Å². The Bertz CT molecular complexity index is 617. The monoisotopic (exact) mass is 334 g/mol. The van der Waals surface area contributed by atoms with Crippen LogP contribution in [0.2, 0.25) is 0 Å². The molecule has 0 bridgehead atoms. The van der Waals surface area contributed by atoms with E-state index in [-0.39, 0.29) is 48.9 Å². The minimum Gasteiger partial charge on any atom is -0.461 e. The lowest BCUT2D eigenvalue weighted by Gasteiger charge is -2.34. The Morgan fingerprint density at radius 1 is 1.48 bits per heavy atom. The third-order valence-corrected chi connectivity index (χ3v) is 3.83. The highest BCUT2D eigenvalue weighted by atomic mass is 19.3. The van der Waals surface area contributed by atoms with Gasteiger partial charge in [0.05, 0.1) is 12.3 Å². The van der Waals surface area contributed by atoms with E-state index in [1.54, 1.807) is 6.92 Å². The van der Waals surface area contributed by atoms with Crippen LogP contribution in [0, 0.1) is 12.8 Å². The Morgan fingerprint density at radius 2 is 2.09 bits per heavy atom. The first-order chi connectivity index (χ1) is 10.7. The Labute approximate surface area is 131 Å². The summed E-state index contributed by atoms with van der Waals surface area (Å²) in [6.45, 7) is 6.52. The molecule has 2 rings (SSSR count). The van der Waals surface area contributed by atoms with Crippen molar-refractivity contribution in [3.63, 3.8) is 0 Å². The Kier molecular flexibility index (Phi) is 4.81. The van der Waals surface area contributed by atoms with E-state index < -0.39 is 23.9 Å². The highest BCUT2D eigenvalue weighted by Crippen LogP contribution is 2.43. The Balaban J connectivity index is 2.33. The molecule has 0 aliphatic heterocycles. The molecule has 8 heteroatoms. The number of alkyl halides is 4. The van der Waals surface area contributed by atoms with Gasteiger partial charge in [0.1, 0.15) is 5.69 Å². The molecule has 0 saturated heterocycles. The molecular weight excluding hydrogens is 316 g/mol. The number of hydrogen-bond donors (Lipinski definition) is 0. The summed E-state index contributed by atoms with van der Waals surface area (Å²) in [4.78, 5) is 12.1. The molecule has 0 amide bonds. The van der Waals surface area contributed by atoms with E-state index in [1.165, 1.54) is 11.6 Å². The second-order valence-electron chi connectivity index (χ2n) is 5.68. The lowest BCUT2D eigenvalue weighted by Crippen LogP contribution is -2.38. The van der Waals surface area contributed by atoms with Crippen molar-refractivity contribution in [2.45, 2.75) is 45.6 Å². The average molecular weight is 334 g/mol. The maximum atomic E-state index is 13.0. The van der Waals surface area contributed by atoms with E-state index in [0.717, 1.165) is 0 Å². The predicted octanol–water partition coefficient (Wildman–Crippen LogP) is 3.69. The number of hydrogen-bond acceptors (Lipinski definition) is 3. The zero-order valence-corrected chi connectivity index (χ0v) is 12.9. The molecule has 0 atom stereocenters. The molecule has 0 unspecified atom stereocenters. The van der Waals surface area contributed by atoms with Crippen molar-refractivity contribution >= 4 is 11.5 Å². The summed E-state index contributed by atoms with van der Waals surface area (Å²) in [6.07, 6.45) is -3.43. The summed E-state index contributed by atoms with van der Waals surface area (Å²) >= 11 is 0. The minimum absolute atomic E-state index is 0.0128. The first-order valence-electron chi connectivity index (χ1n) is 7.26. The fourth-order valence-electron chi connectivity index (χ4n) is 2.71. The number of carbonyl (C=O) groups excluding carboxylic acids is 1. The molecule has 1 aliphatic rings. The van der Waals surface area contributed by atoms with Gasteiger partial charge < -0.3 is 4.74 Å². The third kappa shape index (κ3) is 3.56. The molecule has 1 aliphatic carbocycles. The number of carbonyl (C=O) groups is 1. The molecule has 4 nitrogen and oxygen atoms in total. The van der Waals surface area contributed by atoms with Crippen LogP contribution in [0.1, 0.15) is 41.5 Å². The van der Waals surface area contributed by atoms with Crippen LogP contribution in [0.4, 0.5) is 17.6 Å². The van der Waals surface area contributed by atoms with Crippen LogP contribution in [-0.4, -0.2) is 34.7 Å². The van der Waals surface area contributed by atoms with Crippen molar-refractivity contribution < 1.29 is 27.1 Å². The van der Waals surface area contributed by atoms with Crippen LogP contribution in [0.3, 0.4) is 0 Å². The Hall–Kier alpha value is -1.86. The van der Waals surface area contributed by atoms with Gasteiger partial charge in [-0.3, -0.25) is 4.68 Å². The number of aromatic nitrogens is 2. The fourth-order valence-corrected chi connectivity index (χ4v) is 2.71. The molecular formula is C15H18F4N2O2. The Morgan fingerprint density at radius 3 is 2.57 bits per heavy atom. The topological polar surface area (TPSA) is 44.1 Å². The van der Waals surface area contributed by atoms with E-state index in [4.69, 9.17) is 4.74 Å². The number of halogens is 4. The second kappa shape index (κ2) is 6.33. The van der Waals surface area contributed by atoms with Crippen molar-refractivity contribution in [3.8, 4) is 0 Å². The van der Waals surface area contributed by atoms with Gasteiger partial charge in [0.15, 0.2) is 0 Å². The molecule has 1 aromatic rings. The summed E-state index contributed by atoms with van der Waals surface area (Å²) in [5, 5.41) is 4.00. The molecule has 1 aromatic heterocycles. The molecule has 0 spiro atoms. The van der Waals surface area contributed by atoms with Crippen LogP contribution in [-0.2, 0) is 11.3 Å². The van der Waals surface area contributed by atoms with Crippen LogP contribution < -0.4 is 0 Å². The third-order valence-electron chi connectivity index (χ3n) is 3.83. The highest BCUT2D eigenvalue weighted by Gasteiger charge is 2.45. The number of nitrogens with zero attached hydrogens (tertiary/aromatic N) is 2. The van der Waals surface area contributed by atoms with Gasteiger partial charge in [0.2, 0.25) is 5.92 Å². The number of rotatable bonds is 6. The SMILES string of the molecule is C=C(c1nn(CC2CC(F)(F)C2)c(C(=O)OCC)c1C)C(F)F. The molecule has 1 heterocycles. The maximum Gasteiger partial charge on any atom is 0.356 e. The first-order valence-corrected chi connectivity index (χ1v) is 7.26. The first kappa shape index (κ1) is 17.5. The van der Waals surface area contributed by atoms with Crippen LogP contribution in [0.25, 0.3) is 5.57 Å².